The van der Waals surface area contributed by atoms with Gasteiger partial charge < -0.3 is 14.8 Å². The lowest BCUT2D eigenvalue weighted by Gasteiger charge is -2.26. The van der Waals surface area contributed by atoms with Crippen LogP contribution in [0.25, 0.3) is 0 Å². The van der Waals surface area contributed by atoms with Crippen LogP contribution < -0.4 is 14.8 Å². The van der Waals surface area contributed by atoms with E-state index in [2.05, 4.69) is 5.32 Å². The fraction of sp³-hybridized carbons (Fsp3) is 0.200. The van der Waals surface area contributed by atoms with Gasteiger partial charge in [-0.05, 0) is 35.4 Å². The Morgan fingerprint density at radius 2 is 1.52 bits per heavy atom. The Balaban J connectivity index is 1.18. The average molecular weight is 414 g/mol. The zero-order valence-electron chi connectivity index (χ0n) is 16.9. The molecule has 2 aliphatic rings. The van der Waals surface area contributed by atoms with Crippen molar-refractivity contribution >= 4 is 11.8 Å². The first kappa shape index (κ1) is 19.3. The summed E-state index contributed by atoms with van der Waals surface area (Å²) in [5.74, 6) is 1.07. The van der Waals surface area contributed by atoms with Gasteiger partial charge in [-0.1, -0.05) is 48.5 Å². The standard InChI is InChI=1S/C25H22N2O4/c28-24-20-8-1-2-9-21(20)25(29)27(24)15-18-7-5-6-17(12-18)13-26-14-19-16-30-22-10-3-4-11-23(22)31-19/h1-12,19,26H,13-16H2. The van der Waals surface area contributed by atoms with Crippen molar-refractivity contribution < 1.29 is 19.1 Å². The summed E-state index contributed by atoms with van der Waals surface area (Å²) in [5.41, 5.74) is 2.94. The number of hydrogen-bond donors (Lipinski definition) is 1. The average Bonchev–Trinajstić information content (AvgIpc) is 3.04. The van der Waals surface area contributed by atoms with E-state index in [1.54, 1.807) is 24.3 Å². The Labute approximate surface area is 180 Å². The number of carbonyl (C=O) groups excluding carboxylic acids is 2. The number of ether oxygens (including phenoxy) is 2. The van der Waals surface area contributed by atoms with E-state index in [-0.39, 0.29) is 24.5 Å². The molecule has 2 aliphatic heterocycles. The van der Waals surface area contributed by atoms with E-state index in [0.717, 1.165) is 22.6 Å². The van der Waals surface area contributed by atoms with Gasteiger partial charge in [-0.2, -0.15) is 0 Å². The second-order valence-corrected chi connectivity index (χ2v) is 7.69. The lowest BCUT2D eigenvalue weighted by Crippen LogP contribution is -2.38. The topological polar surface area (TPSA) is 67.9 Å². The molecule has 0 bridgehead atoms. The maximum atomic E-state index is 12.6. The molecule has 0 radical (unpaired) electrons. The van der Waals surface area contributed by atoms with Crippen molar-refractivity contribution in [2.75, 3.05) is 13.2 Å². The molecule has 1 unspecified atom stereocenters. The molecule has 3 aromatic rings. The van der Waals surface area contributed by atoms with E-state index in [4.69, 9.17) is 9.47 Å². The van der Waals surface area contributed by atoms with Gasteiger partial charge in [0.05, 0.1) is 17.7 Å². The summed E-state index contributed by atoms with van der Waals surface area (Å²) < 4.78 is 11.7. The number of nitrogens with one attached hydrogen (secondary N) is 1. The monoisotopic (exact) mass is 414 g/mol. The summed E-state index contributed by atoms with van der Waals surface area (Å²) in [7, 11) is 0. The molecule has 2 heterocycles. The van der Waals surface area contributed by atoms with Crippen molar-refractivity contribution in [2.45, 2.75) is 19.2 Å². The van der Waals surface area contributed by atoms with Crippen LogP contribution in [0.2, 0.25) is 0 Å². The largest absolute Gasteiger partial charge is 0.486 e. The third-order valence-electron chi connectivity index (χ3n) is 5.48. The fourth-order valence-corrected chi connectivity index (χ4v) is 3.94. The molecule has 156 valence electrons. The van der Waals surface area contributed by atoms with Crippen LogP contribution in [0.5, 0.6) is 11.5 Å². The first-order valence-electron chi connectivity index (χ1n) is 10.3. The van der Waals surface area contributed by atoms with E-state index >= 15 is 0 Å². The highest BCUT2D eigenvalue weighted by molar-refractivity contribution is 6.21. The van der Waals surface area contributed by atoms with E-state index in [9.17, 15) is 9.59 Å². The molecule has 0 aliphatic carbocycles. The van der Waals surface area contributed by atoms with Crippen LogP contribution in [0.4, 0.5) is 0 Å². The van der Waals surface area contributed by atoms with Gasteiger partial charge in [0.25, 0.3) is 11.8 Å². The van der Waals surface area contributed by atoms with Gasteiger partial charge in [0, 0.05) is 13.1 Å². The van der Waals surface area contributed by atoms with Crippen LogP contribution in [0.3, 0.4) is 0 Å². The number of amides is 2. The minimum Gasteiger partial charge on any atom is -0.486 e. The third kappa shape index (κ3) is 3.90. The zero-order chi connectivity index (χ0) is 21.2. The SMILES string of the molecule is O=C1c2ccccc2C(=O)N1Cc1cccc(CNCC2COc3ccccc3O2)c1. The highest BCUT2D eigenvalue weighted by Crippen LogP contribution is 2.30. The van der Waals surface area contributed by atoms with Gasteiger partial charge in [-0.15, -0.1) is 0 Å². The van der Waals surface area contributed by atoms with E-state index in [1.807, 2.05) is 48.5 Å². The van der Waals surface area contributed by atoms with Crippen molar-refractivity contribution in [3.63, 3.8) is 0 Å². The summed E-state index contributed by atoms with van der Waals surface area (Å²) in [6.07, 6.45) is -0.0589. The van der Waals surface area contributed by atoms with Gasteiger partial charge in [-0.3, -0.25) is 14.5 Å². The second-order valence-electron chi connectivity index (χ2n) is 7.69. The molecule has 0 spiro atoms. The number of nitrogens with zero attached hydrogens (tertiary/aromatic N) is 1. The summed E-state index contributed by atoms with van der Waals surface area (Å²) in [4.78, 5) is 26.5. The van der Waals surface area contributed by atoms with Gasteiger partial charge in [0.1, 0.15) is 12.7 Å². The molecule has 1 N–H and O–H groups in total. The van der Waals surface area contributed by atoms with Crippen LogP contribution in [0.15, 0.2) is 72.8 Å². The smallest absolute Gasteiger partial charge is 0.261 e. The molecular formula is C25H22N2O4. The van der Waals surface area contributed by atoms with Crippen LogP contribution >= 0.6 is 0 Å². The fourth-order valence-electron chi connectivity index (χ4n) is 3.94. The number of fused-ring (bicyclic) bond motifs is 2. The Hall–Kier alpha value is -3.64. The molecule has 0 saturated carbocycles. The second kappa shape index (κ2) is 8.24. The molecule has 3 aromatic carbocycles. The maximum Gasteiger partial charge on any atom is 0.261 e. The minimum absolute atomic E-state index is 0.0589. The molecule has 0 fully saturated rings. The first-order chi connectivity index (χ1) is 15.2. The lowest BCUT2D eigenvalue weighted by molar-refractivity contribution is 0.0642. The molecular weight excluding hydrogens is 392 g/mol. The zero-order valence-corrected chi connectivity index (χ0v) is 16.9. The molecule has 6 nitrogen and oxygen atoms in total. The van der Waals surface area contributed by atoms with Gasteiger partial charge >= 0.3 is 0 Å². The lowest BCUT2D eigenvalue weighted by atomic mass is 10.1. The summed E-state index contributed by atoms with van der Waals surface area (Å²) >= 11 is 0. The van der Waals surface area contributed by atoms with Crippen LogP contribution in [0.1, 0.15) is 31.8 Å². The summed E-state index contributed by atoms with van der Waals surface area (Å²) in [6.45, 7) is 2.06. The Bertz CT molecular complexity index is 1110. The van der Waals surface area contributed by atoms with Gasteiger partial charge in [0.2, 0.25) is 0 Å². The number of benzene rings is 3. The van der Waals surface area contributed by atoms with Crippen molar-refractivity contribution in [2.24, 2.45) is 0 Å². The number of rotatable bonds is 6. The molecule has 0 saturated heterocycles. The molecule has 2 amide bonds. The summed E-state index contributed by atoms with van der Waals surface area (Å²) in [5, 5.41) is 3.40. The van der Waals surface area contributed by atoms with Crippen molar-refractivity contribution in [3.05, 3.63) is 95.1 Å². The first-order valence-corrected chi connectivity index (χ1v) is 10.3. The van der Waals surface area contributed by atoms with Crippen molar-refractivity contribution in [1.82, 2.24) is 10.2 Å². The van der Waals surface area contributed by atoms with Gasteiger partial charge in [-0.25, -0.2) is 0 Å². The van der Waals surface area contributed by atoms with Crippen LogP contribution in [-0.4, -0.2) is 36.0 Å². The quantitative estimate of drug-likeness (QED) is 0.626. The van der Waals surface area contributed by atoms with Crippen molar-refractivity contribution in [3.8, 4) is 11.5 Å². The van der Waals surface area contributed by atoms with E-state index in [1.165, 1.54) is 4.90 Å². The van der Waals surface area contributed by atoms with Crippen LogP contribution in [-0.2, 0) is 13.1 Å². The third-order valence-corrected chi connectivity index (χ3v) is 5.48. The number of carbonyl (C=O) groups is 2. The Morgan fingerprint density at radius 3 is 2.29 bits per heavy atom. The van der Waals surface area contributed by atoms with E-state index < -0.39 is 0 Å². The molecule has 0 aromatic heterocycles. The van der Waals surface area contributed by atoms with Gasteiger partial charge in [0.15, 0.2) is 11.5 Å². The predicted molar refractivity (Wildman–Crippen MR) is 115 cm³/mol. The van der Waals surface area contributed by atoms with Crippen molar-refractivity contribution in [1.29, 1.82) is 0 Å². The molecule has 31 heavy (non-hydrogen) atoms. The highest BCUT2D eigenvalue weighted by atomic mass is 16.6. The Morgan fingerprint density at radius 1 is 0.839 bits per heavy atom. The Kier molecular flexibility index (Phi) is 5.14. The summed E-state index contributed by atoms with van der Waals surface area (Å²) in [6, 6.07) is 22.5. The predicted octanol–water partition coefficient (Wildman–Crippen LogP) is 3.41. The number of imide groups is 1. The minimum atomic E-state index is -0.237. The number of para-hydroxylation sites is 2. The normalized spacial score (nSPS) is 17.0. The highest BCUT2D eigenvalue weighted by Gasteiger charge is 2.34. The maximum absolute atomic E-state index is 12.6. The molecule has 6 heteroatoms. The van der Waals surface area contributed by atoms with Crippen LogP contribution in [0, 0.1) is 0 Å². The van der Waals surface area contributed by atoms with E-state index in [0.29, 0.717) is 30.8 Å². The number of hydrogen-bond acceptors (Lipinski definition) is 5. The molecule has 1 atom stereocenters. The molecule has 5 rings (SSSR count).